The van der Waals surface area contributed by atoms with Crippen molar-refractivity contribution in [2.24, 2.45) is 5.73 Å². The zero-order valence-corrected chi connectivity index (χ0v) is 12.6. The molecule has 21 heavy (non-hydrogen) atoms. The Hall–Kier alpha value is -1.44. The van der Waals surface area contributed by atoms with Gasteiger partial charge in [-0.25, -0.2) is 0 Å². The first-order valence-corrected chi connectivity index (χ1v) is 8.01. The number of rotatable bonds is 4. The van der Waals surface area contributed by atoms with Crippen LogP contribution >= 0.6 is 11.3 Å². The largest absolute Gasteiger partial charge is 0.376 e. The molecule has 0 atom stereocenters. The second-order valence-corrected chi connectivity index (χ2v) is 6.51. The van der Waals surface area contributed by atoms with E-state index in [0.29, 0.717) is 36.7 Å². The molecule has 6 nitrogen and oxygen atoms in total. The number of fused-ring (bicyclic) bond motifs is 1. The van der Waals surface area contributed by atoms with Crippen LogP contribution in [0.2, 0.25) is 0 Å². The van der Waals surface area contributed by atoms with Crippen LogP contribution in [0.4, 0.5) is 5.00 Å². The minimum Gasteiger partial charge on any atom is -0.376 e. The summed E-state index contributed by atoms with van der Waals surface area (Å²) in [4.78, 5) is 26.9. The Morgan fingerprint density at radius 1 is 1.33 bits per heavy atom. The van der Waals surface area contributed by atoms with Crippen molar-refractivity contribution in [3.05, 3.63) is 16.0 Å². The van der Waals surface area contributed by atoms with Crippen molar-refractivity contribution in [2.75, 3.05) is 31.6 Å². The van der Waals surface area contributed by atoms with Crippen LogP contribution in [0.3, 0.4) is 0 Å². The third-order valence-corrected chi connectivity index (χ3v) is 5.01. The fraction of sp³-hybridized carbons (Fsp3) is 0.571. The Morgan fingerprint density at radius 3 is 2.81 bits per heavy atom. The molecule has 1 saturated heterocycles. The number of hydrogen-bond acceptors (Lipinski definition) is 5. The molecule has 1 aromatic rings. The molecule has 7 heteroatoms. The summed E-state index contributed by atoms with van der Waals surface area (Å²) in [6.07, 6.45) is 2.96. The second kappa shape index (κ2) is 6.13. The van der Waals surface area contributed by atoms with Gasteiger partial charge in [-0.15, -0.1) is 11.3 Å². The van der Waals surface area contributed by atoms with Crippen molar-refractivity contribution in [2.45, 2.75) is 25.9 Å². The van der Waals surface area contributed by atoms with Gasteiger partial charge in [-0.3, -0.25) is 14.5 Å². The van der Waals surface area contributed by atoms with Crippen molar-refractivity contribution < 1.29 is 14.3 Å². The Bertz CT molecular complexity index is 564. The number of ether oxygens (including phenoxy) is 1. The Labute approximate surface area is 127 Å². The van der Waals surface area contributed by atoms with Crippen LogP contribution in [-0.2, 0) is 22.6 Å². The maximum absolute atomic E-state index is 12.1. The molecule has 0 spiro atoms. The summed E-state index contributed by atoms with van der Waals surface area (Å²) in [6, 6.07) is 0. The van der Waals surface area contributed by atoms with Crippen LogP contribution in [0.25, 0.3) is 0 Å². The topological polar surface area (TPSA) is 84.7 Å². The maximum Gasteiger partial charge on any atom is 0.251 e. The molecule has 0 unspecified atom stereocenters. The van der Waals surface area contributed by atoms with E-state index in [1.54, 1.807) is 0 Å². The molecule has 1 fully saturated rings. The van der Waals surface area contributed by atoms with Gasteiger partial charge in [0.15, 0.2) is 0 Å². The van der Waals surface area contributed by atoms with Crippen molar-refractivity contribution >= 4 is 28.2 Å². The van der Waals surface area contributed by atoms with Gasteiger partial charge in [0.25, 0.3) is 5.91 Å². The number of carbonyl (C=O) groups excluding carboxylic acids is 2. The second-order valence-electron chi connectivity index (χ2n) is 5.41. The molecule has 3 rings (SSSR count). The summed E-state index contributed by atoms with van der Waals surface area (Å²) in [7, 11) is 0. The Balaban J connectivity index is 1.76. The lowest BCUT2D eigenvalue weighted by Gasteiger charge is -2.14. The van der Waals surface area contributed by atoms with Crippen molar-refractivity contribution in [3.63, 3.8) is 0 Å². The van der Waals surface area contributed by atoms with Gasteiger partial charge < -0.3 is 15.8 Å². The minimum absolute atomic E-state index is 0.0843. The van der Waals surface area contributed by atoms with Crippen molar-refractivity contribution in [1.82, 2.24) is 4.90 Å². The molecule has 0 aromatic carbocycles. The first-order valence-electron chi connectivity index (χ1n) is 7.19. The summed E-state index contributed by atoms with van der Waals surface area (Å²) in [6.45, 7) is 3.38. The normalized spacial score (nSPS) is 18.5. The number of thiophene rings is 1. The maximum atomic E-state index is 12.1. The number of nitrogens with one attached hydrogen (secondary N) is 1. The van der Waals surface area contributed by atoms with Crippen molar-refractivity contribution in [1.29, 1.82) is 0 Å². The van der Waals surface area contributed by atoms with E-state index in [0.717, 1.165) is 36.4 Å². The summed E-state index contributed by atoms with van der Waals surface area (Å²) < 4.78 is 5.39. The quantitative estimate of drug-likeness (QED) is 0.867. The summed E-state index contributed by atoms with van der Waals surface area (Å²) in [5.41, 5.74) is 6.89. The zero-order chi connectivity index (χ0) is 14.8. The van der Waals surface area contributed by atoms with Crippen LogP contribution in [-0.4, -0.2) is 43.0 Å². The first-order chi connectivity index (χ1) is 10.1. The standard InChI is InChI=1S/C14H19N3O3S/c15-13(19)12-9-3-6-20-8-10(9)21-14(12)16-11(18)7-17-4-1-2-5-17/h1-8H2,(H2,15,19)(H,16,18). The van der Waals surface area contributed by atoms with Gasteiger partial charge in [0.05, 0.1) is 25.3 Å². The van der Waals surface area contributed by atoms with E-state index in [2.05, 4.69) is 10.2 Å². The van der Waals surface area contributed by atoms with Gasteiger partial charge in [0, 0.05) is 4.88 Å². The molecule has 0 saturated carbocycles. The number of hydrogen-bond donors (Lipinski definition) is 2. The van der Waals surface area contributed by atoms with Crippen LogP contribution in [0.1, 0.15) is 33.6 Å². The lowest BCUT2D eigenvalue weighted by Crippen LogP contribution is -2.31. The number of anilines is 1. The van der Waals surface area contributed by atoms with Gasteiger partial charge in [-0.05, 0) is 37.9 Å². The van der Waals surface area contributed by atoms with Crippen LogP contribution < -0.4 is 11.1 Å². The summed E-state index contributed by atoms with van der Waals surface area (Å²) in [5.74, 6) is -0.565. The predicted octanol–water partition coefficient (Wildman–Crippen LogP) is 0.954. The Kier molecular flexibility index (Phi) is 4.23. The van der Waals surface area contributed by atoms with E-state index in [9.17, 15) is 9.59 Å². The van der Waals surface area contributed by atoms with E-state index in [4.69, 9.17) is 10.5 Å². The monoisotopic (exact) mass is 309 g/mol. The SMILES string of the molecule is NC(=O)c1c(NC(=O)CN2CCCC2)sc2c1CCOC2. The molecule has 3 heterocycles. The lowest BCUT2D eigenvalue weighted by atomic mass is 10.1. The highest BCUT2D eigenvalue weighted by Crippen LogP contribution is 2.36. The molecule has 1 aromatic heterocycles. The molecule has 3 N–H and O–H groups in total. The summed E-state index contributed by atoms with van der Waals surface area (Å²) >= 11 is 1.40. The molecular formula is C14H19N3O3S. The highest BCUT2D eigenvalue weighted by molar-refractivity contribution is 7.17. The van der Waals surface area contributed by atoms with Gasteiger partial charge in [0.1, 0.15) is 5.00 Å². The highest BCUT2D eigenvalue weighted by Gasteiger charge is 2.25. The number of carbonyl (C=O) groups is 2. The predicted molar refractivity (Wildman–Crippen MR) is 80.5 cm³/mol. The number of primary amides is 1. The number of nitrogens with zero attached hydrogens (tertiary/aromatic N) is 1. The number of amides is 2. The number of nitrogens with two attached hydrogens (primary N) is 1. The fourth-order valence-corrected chi connectivity index (χ4v) is 4.10. The van der Waals surface area contributed by atoms with Crippen LogP contribution in [0.5, 0.6) is 0 Å². The molecule has 2 amide bonds. The van der Waals surface area contributed by atoms with E-state index in [1.807, 2.05) is 0 Å². The Morgan fingerprint density at radius 2 is 2.10 bits per heavy atom. The fourth-order valence-electron chi connectivity index (χ4n) is 2.89. The van der Waals surface area contributed by atoms with Crippen LogP contribution in [0, 0.1) is 0 Å². The van der Waals surface area contributed by atoms with Gasteiger partial charge in [0.2, 0.25) is 5.91 Å². The van der Waals surface area contributed by atoms with Crippen molar-refractivity contribution in [3.8, 4) is 0 Å². The molecule has 2 aliphatic rings. The number of likely N-dealkylation sites (tertiary alicyclic amines) is 1. The lowest BCUT2D eigenvalue weighted by molar-refractivity contribution is -0.117. The van der Waals surface area contributed by atoms with Gasteiger partial charge >= 0.3 is 0 Å². The van der Waals surface area contributed by atoms with E-state index >= 15 is 0 Å². The third kappa shape index (κ3) is 3.09. The van der Waals surface area contributed by atoms with Gasteiger partial charge in [-0.2, -0.15) is 0 Å². The molecular weight excluding hydrogens is 290 g/mol. The summed E-state index contributed by atoms with van der Waals surface area (Å²) in [5, 5.41) is 3.43. The molecule has 0 aliphatic carbocycles. The smallest absolute Gasteiger partial charge is 0.251 e. The van der Waals surface area contributed by atoms with E-state index in [-0.39, 0.29) is 5.91 Å². The van der Waals surface area contributed by atoms with E-state index < -0.39 is 5.91 Å². The average Bonchev–Trinajstić information content (AvgIpc) is 3.04. The third-order valence-electron chi connectivity index (χ3n) is 3.89. The molecule has 0 radical (unpaired) electrons. The molecule has 2 aliphatic heterocycles. The highest BCUT2D eigenvalue weighted by atomic mass is 32.1. The zero-order valence-electron chi connectivity index (χ0n) is 11.8. The van der Waals surface area contributed by atoms with E-state index in [1.165, 1.54) is 11.3 Å². The van der Waals surface area contributed by atoms with Gasteiger partial charge in [-0.1, -0.05) is 0 Å². The molecule has 0 bridgehead atoms. The average molecular weight is 309 g/mol. The molecule has 114 valence electrons. The van der Waals surface area contributed by atoms with Crippen LogP contribution in [0.15, 0.2) is 0 Å². The minimum atomic E-state index is -0.481. The first kappa shape index (κ1) is 14.5.